The smallest absolute Gasteiger partial charge is 0.184 e. The summed E-state index contributed by atoms with van der Waals surface area (Å²) in [5.41, 5.74) is 12.0. The van der Waals surface area contributed by atoms with E-state index in [1.54, 1.807) is 6.92 Å². The Morgan fingerprint density at radius 2 is 1.68 bits per heavy atom. The molecule has 0 radical (unpaired) electrons. The lowest BCUT2D eigenvalue weighted by Gasteiger charge is -2.51. The van der Waals surface area contributed by atoms with E-state index in [4.69, 9.17) is 30.4 Å². The van der Waals surface area contributed by atoms with Crippen LogP contribution in [-0.2, 0) is 18.9 Å². The molecule has 0 spiro atoms. The van der Waals surface area contributed by atoms with Crippen LogP contribution < -0.4 is 11.5 Å². The molecule has 10 atom stereocenters. The molecular formula is C15H30N2O8. The average molecular weight is 366 g/mol. The molecule has 0 saturated carbocycles. The van der Waals surface area contributed by atoms with Crippen molar-refractivity contribution in [3.05, 3.63) is 0 Å². The van der Waals surface area contributed by atoms with Gasteiger partial charge in [-0.1, -0.05) is 6.92 Å². The molecule has 2 rings (SSSR count). The number of aliphatic hydroxyl groups is 4. The number of hydrogen-bond acceptors (Lipinski definition) is 10. The number of methoxy groups -OCH3 is 1. The van der Waals surface area contributed by atoms with Crippen LogP contribution in [0.5, 0.6) is 0 Å². The Hall–Kier alpha value is -0.400. The van der Waals surface area contributed by atoms with E-state index in [9.17, 15) is 20.4 Å². The van der Waals surface area contributed by atoms with Gasteiger partial charge >= 0.3 is 0 Å². The van der Waals surface area contributed by atoms with Gasteiger partial charge < -0.3 is 50.8 Å². The van der Waals surface area contributed by atoms with Gasteiger partial charge in [0.1, 0.15) is 18.3 Å². The summed E-state index contributed by atoms with van der Waals surface area (Å²) in [6.07, 6.45) is -5.83. The number of ether oxygens (including phenoxy) is 4. The molecule has 0 aromatic rings. The van der Waals surface area contributed by atoms with Crippen LogP contribution in [0.3, 0.4) is 0 Å². The first-order chi connectivity index (χ1) is 11.7. The van der Waals surface area contributed by atoms with Crippen LogP contribution >= 0.6 is 0 Å². The molecule has 0 aromatic carbocycles. The monoisotopic (exact) mass is 366 g/mol. The van der Waals surface area contributed by atoms with Gasteiger partial charge in [-0.05, 0) is 6.92 Å². The number of aliphatic hydroxyl groups excluding tert-OH is 4. The minimum atomic E-state index is -1.53. The molecule has 10 heteroatoms. The molecule has 148 valence electrons. The molecule has 0 aliphatic carbocycles. The van der Waals surface area contributed by atoms with Gasteiger partial charge in [0.05, 0.1) is 37.5 Å². The van der Waals surface area contributed by atoms with Crippen LogP contribution in [0, 0.1) is 5.92 Å². The van der Waals surface area contributed by atoms with Crippen molar-refractivity contribution in [2.24, 2.45) is 17.4 Å². The summed E-state index contributed by atoms with van der Waals surface area (Å²) in [5, 5.41) is 39.9. The van der Waals surface area contributed by atoms with Crippen molar-refractivity contribution in [2.45, 2.75) is 68.5 Å². The van der Waals surface area contributed by atoms with Crippen LogP contribution in [0.15, 0.2) is 0 Å². The molecule has 2 aliphatic rings. The third-order valence-corrected chi connectivity index (χ3v) is 5.17. The summed E-state index contributed by atoms with van der Waals surface area (Å²) in [7, 11) is 1.37. The fourth-order valence-electron chi connectivity index (χ4n) is 3.37. The fourth-order valence-corrected chi connectivity index (χ4v) is 3.37. The van der Waals surface area contributed by atoms with Crippen LogP contribution in [0.1, 0.15) is 13.8 Å². The highest BCUT2D eigenvalue weighted by molar-refractivity contribution is 4.99. The third-order valence-electron chi connectivity index (χ3n) is 5.17. The summed E-state index contributed by atoms with van der Waals surface area (Å²) >= 11 is 0. The summed E-state index contributed by atoms with van der Waals surface area (Å²) in [5.74, 6) is -1.93. The maximum atomic E-state index is 10.5. The Morgan fingerprint density at radius 3 is 2.20 bits per heavy atom. The molecule has 0 aromatic heterocycles. The first-order valence-electron chi connectivity index (χ1n) is 8.33. The Morgan fingerprint density at radius 1 is 1.08 bits per heavy atom. The van der Waals surface area contributed by atoms with E-state index in [2.05, 4.69) is 0 Å². The summed E-state index contributed by atoms with van der Waals surface area (Å²) in [6, 6.07) is -1.87. The van der Waals surface area contributed by atoms with Crippen LogP contribution in [-0.4, -0.2) is 95.4 Å². The zero-order valence-corrected chi connectivity index (χ0v) is 14.7. The van der Waals surface area contributed by atoms with Gasteiger partial charge in [0.25, 0.3) is 0 Å². The number of rotatable bonds is 5. The molecule has 2 heterocycles. The van der Waals surface area contributed by atoms with Crippen molar-refractivity contribution < 1.29 is 39.4 Å². The largest absolute Gasteiger partial charge is 0.394 e. The van der Waals surface area contributed by atoms with E-state index in [0.29, 0.717) is 0 Å². The Balaban J connectivity index is 2.22. The molecule has 0 amide bonds. The van der Waals surface area contributed by atoms with Crippen LogP contribution in [0.2, 0.25) is 0 Å². The quantitative estimate of drug-likeness (QED) is 0.292. The van der Waals surface area contributed by atoms with Crippen LogP contribution in [0.25, 0.3) is 0 Å². The van der Waals surface area contributed by atoms with Crippen molar-refractivity contribution in [3.63, 3.8) is 0 Å². The lowest BCUT2D eigenvalue weighted by Crippen LogP contribution is -2.70. The molecule has 2 saturated heterocycles. The van der Waals surface area contributed by atoms with Crippen molar-refractivity contribution in [2.75, 3.05) is 20.3 Å². The predicted molar refractivity (Wildman–Crippen MR) is 85.1 cm³/mol. The normalized spacial score (nSPS) is 51.5. The van der Waals surface area contributed by atoms with Gasteiger partial charge in [-0.25, -0.2) is 0 Å². The van der Waals surface area contributed by atoms with E-state index in [1.165, 1.54) is 14.0 Å². The summed E-state index contributed by atoms with van der Waals surface area (Å²) in [6.45, 7) is 2.42. The number of hydrogen-bond donors (Lipinski definition) is 6. The van der Waals surface area contributed by atoms with Gasteiger partial charge in [0.15, 0.2) is 12.1 Å². The van der Waals surface area contributed by atoms with Gasteiger partial charge in [-0.15, -0.1) is 0 Å². The zero-order valence-electron chi connectivity index (χ0n) is 14.7. The Labute approximate surface area is 146 Å². The SMILES string of the molecule is COC1OC(CO)C(OC2(C)OC(CO)C(C)C(O)C2N)C(O)C1N. The molecule has 2 aliphatic heterocycles. The van der Waals surface area contributed by atoms with Crippen molar-refractivity contribution >= 4 is 0 Å². The van der Waals surface area contributed by atoms with Gasteiger partial charge in [0, 0.05) is 13.0 Å². The van der Waals surface area contributed by atoms with Crippen molar-refractivity contribution in [1.82, 2.24) is 0 Å². The second kappa shape index (κ2) is 8.09. The average Bonchev–Trinajstić information content (AvgIpc) is 2.61. The topological polar surface area (TPSA) is 170 Å². The molecule has 25 heavy (non-hydrogen) atoms. The molecule has 2 fully saturated rings. The lowest BCUT2D eigenvalue weighted by molar-refractivity contribution is -0.363. The molecule has 0 bridgehead atoms. The van der Waals surface area contributed by atoms with Crippen molar-refractivity contribution in [3.8, 4) is 0 Å². The van der Waals surface area contributed by atoms with Crippen molar-refractivity contribution in [1.29, 1.82) is 0 Å². The van der Waals surface area contributed by atoms with Gasteiger partial charge in [-0.3, -0.25) is 0 Å². The first-order valence-corrected chi connectivity index (χ1v) is 8.33. The third kappa shape index (κ3) is 3.83. The lowest BCUT2D eigenvalue weighted by atomic mass is 9.85. The summed E-state index contributed by atoms with van der Waals surface area (Å²) < 4.78 is 22.2. The van der Waals surface area contributed by atoms with Crippen LogP contribution in [0.4, 0.5) is 0 Å². The Bertz CT molecular complexity index is 440. The minimum absolute atomic E-state index is 0.331. The highest BCUT2D eigenvalue weighted by Crippen LogP contribution is 2.36. The summed E-state index contributed by atoms with van der Waals surface area (Å²) in [4.78, 5) is 0. The molecule has 8 N–H and O–H groups in total. The van der Waals surface area contributed by atoms with E-state index in [0.717, 1.165) is 0 Å². The van der Waals surface area contributed by atoms with E-state index in [1.807, 2.05) is 0 Å². The van der Waals surface area contributed by atoms with E-state index in [-0.39, 0.29) is 6.61 Å². The fraction of sp³-hybridized carbons (Fsp3) is 1.00. The maximum absolute atomic E-state index is 10.5. The maximum Gasteiger partial charge on any atom is 0.184 e. The Kier molecular flexibility index (Phi) is 6.77. The second-order valence-electron chi connectivity index (χ2n) is 6.84. The second-order valence-corrected chi connectivity index (χ2v) is 6.84. The first kappa shape index (κ1) is 20.9. The van der Waals surface area contributed by atoms with Gasteiger partial charge in [-0.2, -0.15) is 0 Å². The van der Waals surface area contributed by atoms with Gasteiger partial charge in [0.2, 0.25) is 0 Å². The highest BCUT2D eigenvalue weighted by atomic mass is 16.7. The van der Waals surface area contributed by atoms with E-state index >= 15 is 0 Å². The highest BCUT2D eigenvalue weighted by Gasteiger charge is 2.54. The predicted octanol–water partition coefficient (Wildman–Crippen LogP) is -3.14. The molecular weight excluding hydrogens is 336 g/mol. The molecule has 10 unspecified atom stereocenters. The molecule has 10 nitrogen and oxygen atoms in total. The number of nitrogens with two attached hydrogens (primary N) is 2. The standard InChI is InChI=1S/C15H30N2O8/c1-6-7(4-18)24-15(2,13(17)10(6)20)25-12-8(5-19)23-14(22-3)9(16)11(12)21/h6-14,18-21H,4-5,16-17H2,1-3H3. The zero-order chi connectivity index (χ0) is 18.9. The van der Waals surface area contributed by atoms with E-state index < -0.39 is 67.2 Å². The minimum Gasteiger partial charge on any atom is -0.394 e.